The molecule has 0 fully saturated rings. The van der Waals surface area contributed by atoms with E-state index in [4.69, 9.17) is 4.74 Å². The Bertz CT molecular complexity index is 287. The lowest BCUT2D eigenvalue weighted by Gasteiger charge is -2.01. The standard InChI is InChI=1S/C11H13NO/c1-3-5-8-13-11-7-6-10(4-2)12-9-11/h3-7,9H,2,8H2,1H3/b5-3+. The van der Waals surface area contributed by atoms with Crippen LogP contribution in [0.1, 0.15) is 12.6 Å². The first-order valence-electron chi connectivity index (χ1n) is 4.19. The maximum absolute atomic E-state index is 5.36. The summed E-state index contributed by atoms with van der Waals surface area (Å²) in [6, 6.07) is 3.76. The van der Waals surface area contributed by atoms with Gasteiger partial charge in [-0.3, -0.25) is 4.98 Å². The molecule has 1 aromatic heterocycles. The lowest BCUT2D eigenvalue weighted by atomic mass is 10.3. The van der Waals surface area contributed by atoms with E-state index >= 15 is 0 Å². The van der Waals surface area contributed by atoms with Gasteiger partial charge in [-0.1, -0.05) is 18.7 Å². The van der Waals surface area contributed by atoms with Gasteiger partial charge in [-0.15, -0.1) is 0 Å². The monoisotopic (exact) mass is 175 g/mol. The molecule has 0 saturated heterocycles. The number of nitrogens with zero attached hydrogens (tertiary/aromatic N) is 1. The quantitative estimate of drug-likeness (QED) is 0.656. The zero-order valence-corrected chi connectivity index (χ0v) is 7.73. The van der Waals surface area contributed by atoms with Crippen molar-refractivity contribution in [2.45, 2.75) is 6.92 Å². The predicted octanol–water partition coefficient (Wildman–Crippen LogP) is 2.68. The third kappa shape index (κ3) is 3.11. The van der Waals surface area contributed by atoms with Crippen LogP contribution in [0.2, 0.25) is 0 Å². The average molecular weight is 175 g/mol. The van der Waals surface area contributed by atoms with Gasteiger partial charge in [0, 0.05) is 0 Å². The van der Waals surface area contributed by atoms with E-state index < -0.39 is 0 Å². The zero-order valence-electron chi connectivity index (χ0n) is 7.73. The van der Waals surface area contributed by atoms with Crippen LogP contribution in [0.15, 0.2) is 37.1 Å². The smallest absolute Gasteiger partial charge is 0.138 e. The SMILES string of the molecule is C=Cc1ccc(OC/C=C/C)cn1. The number of hydrogen-bond donors (Lipinski definition) is 0. The molecule has 0 saturated carbocycles. The van der Waals surface area contributed by atoms with Gasteiger partial charge in [-0.25, -0.2) is 0 Å². The zero-order chi connectivity index (χ0) is 9.52. The van der Waals surface area contributed by atoms with Gasteiger partial charge in [0.05, 0.1) is 11.9 Å². The van der Waals surface area contributed by atoms with E-state index in [-0.39, 0.29) is 0 Å². The summed E-state index contributed by atoms with van der Waals surface area (Å²) in [5.41, 5.74) is 0.860. The Morgan fingerprint density at radius 3 is 2.92 bits per heavy atom. The first kappa shape index (κ1) is 9.52. The highest BCUT2D eigenvalue weighted by molar-refractivity contribution is 5.42. The number of hydrogen-bond acceptors (Lipinski definition) is 2. The summed E-state index contributed by atoms with van der Waals surface area (Å²) in [5, 5.41) is 0. The van der Waals surface area contributed by atoms with Crippen molar-refractivity contribution in [3.63, 3.8) is 0 Å². The average Bonchev–Trinajstić information content (AvgIpc) is 2.19. The van der Waals surface area contributed by atoms with Gasteiger partial charge >= 0.3 is 0 Å². The van der Waals surface area contributed by atoms with Crippen LogP contribution in [-0.4, -0.2) is 11.6 Å². The normalized spacial score (nSPS) is 10.2. The summed E-state index contributed by atoms with van der Waals surface area (Å²) in [7, 11) is 0. The van der Waals surface area contributed by atoms with E-state index in [1.807, 2.05) is 31.2 Å². The molecule has 0 radical (unpaired) electrons. The van der Waals surface area contributed by atoms with Gasteiger partial charge in [0.2, 0.25) is 0 Å². The summed E-state index contributed by atoms with van der Waals surface area (Å²) in [6.07, 6.45) is 7.29. The van der Waals surface area contributed by atoms with Gasteiger partial charge < -0.3 is 4.74 Å². The minimum atomic E-state index is 0.589. The molecule has 0 amide bonds. The molecule has 0 aromatic carbocycles. The number of allylic oxidation sites excluding steroid dienone is 1. The molecule has 1 heterocycles. The first-order chi connectivity index (χ1) is 6.36. The Morgan fingerprint density at radius 2 is 2.38 bits per heavy atom. The number of ether oxygens (including phenoxy) is 1. The van der Waals surface area contributed by atoms with Crippen LogP contribution in [0, 0.1) is 0 Å². The highest BCUT2D eigenvalue weighted by Gasteiger charge is 1.91. The molecule has 0 atom stereocenters. The Hall–Kier alpha value is -1.57. The van der Waals surface area contributed by atoms with Gasteiger partial charge in [-0.05, 0) is 25.1 Å². The predicted molar refractivity (Wildman–Crippen MR) is 54.6 cm³/mol. The van der Waals surface area contributed by atoms with Crippen LogP contribution in [0.3, 0.4) is 0 Å². The summed E-state index contributed by atoms with van der Waals surface area (Å²) in [5.74, 6) is 0.781. The molecule has 13 heavy (non-hydrogen) atoms. The van der Waals surface area contributed by atoms with Gasteiger partial charge in [0.15, 0.2) is 0 Å². The van der Waals surface area contributed by atoms with Gasteiger partial charge in [-0.2, -0.15) is 0 Å². The fourth-order valence-electron chi connectivity index (χ4n) is 0.838. The van der Waals surface area contributed by atoms with Crippen molar-refractivity contribution < 1.29 is 4.74 Å². The Balaban J connectivity index is 2.53. The van der Waals surface area contributed by atoms with E-state index in [0.29, 0.717) is 6.61 Å². The minimum Gasteiger partial charge on any atom is -0.488 e. The molecule has 1 rings (SSSR count). The molecular formula is C11H13NO. The fourth-order valence-corrected chi connectivity index (χ4v) is 0.838. The molecule has 0 aliphatic heterocycles. The highest BCUT2D eigenvalue weighted by atomic mass is 16.5. The van der Waals surface area contributed by atoms with Crippen molar-refractivity contribution in [1.82, 2.24) is 4.98 Å². The van der Waals surface area contributed by atoms with E-state index in [1.54, 1.807) is 12.3 Å². The number of aromatic nitrogens is 1. The molecule has 0 unspecified atom stereocenters. The van der Waals surface area contributed by atoms with Crippen LogP contribution in [0.25, 0.3) is 6.08 Å². The highest BCUT2D eigenvalue weighted by Crippen LogP contribution is 2.09. The van der Waals surface area contributed by atoms with E-state index in [2.05, 4.69) is 11.6 Å². The third-order valence-electron chi connectivity index (χ3n) is 1.55. The topological polar surface area (TPSA) is 22.1 Å². The molecule has 0 spiro atoms. The third-order valence-corrected chi connectivity index (χ3v) is 1.55. The lowest BCUT2D eigenvalue weighted by molar-refractivity contribution is 0.361. The van der Waals surface area contributed by atoms with Crippen LogP contribution in [-0.2, 0) is 0 Å². The second-order valence-electron chi connectivity index (χ2n) is 2.50. The first-order valence-corrected chi connectivity index (χ1v) is 4.19. The van der Waals surface area contributed by atoms with E-state index in [9.17, 15) is 0 Å². The van der Waals surface area contributed by atoms with Crippen LogP contribution >= 0.6 is 0 Å². The molecule has 0 N–H and O–H groups in total. The number of pyridine rings is 1. The van der Waals surface area contributed by atoms with Crippen molar-refractivity contribution in [2.24, 2.45) is 0 Å². The summed E-state index contributed by atoms with van der Waals surface area (Å²) >= 11 is 0. The second kappa shape index (κ2) is 5.14. The minimum absolute atomic E-state index is 0.589. The largest absolute Gasteiger partial charge is 0.488 e. The molecule has 2 nitrogen and oxygen atoms in total. The van der Waals surface area contributed by atoms with E-state index in [1.165, 1.54) is 0 Å². The molecule has 2 heteroatoms. The fraction of sp³-hybridized carbons (Fsp3) is 0.182. The Kier molecular flexibility index (Phi) is 3.76. The Morgan fingerprint density at radius 1 is 1.54 bits per heavy atom. The summed E-state index contributed by atoms with van der Waals surface area (Å²) < 4.78 is 5.36. The molecular weight excluding hydrogens is 162 g/mol. The van der Waals surface area contributed by atoms with E-state index in [0.717, 1.165) is 11.4 Å². The molecule has 0 aliphatic rings. The van der Waals surface area contributed by atoms with Crippen molar-refractivity contribution in [3.05, 3.63) is 42.8 Å². The van der Waals surface area contributed by atoms with Crippen molar-refractivity contribution >= 4 is 6.08 Å². The number of rotatable bonds is 4. The van der Waals surface area contributed by atoms with Crippen LogP contribution < -0.4 is 4.74 Å². The van der Waals surface area contributed by atoms with Crippen molar-refractivity contribution in [3.8, 4) is 5.75 Å². The van der Waals surface area contributed by atoms with Crippen molar-refractivity contribution in [2.75, 3.05) is 6.61 Å². The maximum atomic E-state index is 5.36. The molecule has 0 aliphatic carbocycles. The van der Waals surface area contributed by atoms with Crippen LogP contribution in [0.4, 0.5) is 0 Å². The van der Waals surface area contributed by atoms with Gasteiger partial charge in [0.25, 0.3) is 0 Å². The lowest BCUT2D eigenvalue weighted by Crippen LogP contribution is -1.93. The molecule has 0 bridgehead atoms. The molecule has 1 aromatic rings. The summed E-state index contributed by atoms with van der Waals surface area (Å²) in [6.45, 7) is 6.17. The molecule has 68 valence electrons. The maximum Gasteiger partial charge on any atom is 0.138 e. The second-order valence-corrected chi connectivity index (χ2v) is 2.50. The van der Waals surface area contributed by atoms with Crippen molar-refractivity contribution in [1.29, 1.82) is 0 Å². The summed E-state index contributed by atoms with van der Waals surface area (Å²) in [4.78, 5) is 4.11. The van der Waals surface area contributed by atoms with Crippen LogP contribution in [0.5, 0.6) is 5.75 Å². The van der Waals surface area contributed by atoms with Gasteiger partial charge in [0.1, 0.15) is 12.4 Å². The Labute approximate surface area is 78.6 Å².